The van der Waals surface area contributed by atoms with Crippen molar-refractivity contribution in [1.29, 1.82) is 0 Å². The van der Waals surface area contributed by atoms with Crippen LogP contribution in [0.5, 0.6) is 0 Å². The first-order valence-electron chi connectivity index (χ1n) is 5.26. The molecule has 1 unspecified atom stereocenters. The third-order valence-corrected chi connectivity index (χ3v) is 5.02. The number of rotatable bonds is 3. The minimum absolute atomic E-state index is 0.0605. The summed E-state index contributed by atoms with van der Waals surface area (Å²) in [7, 11) is -2.94. The quantitative estimate of drug-likeness (QED) is 0.836. The Balaban J connectivity index is 1.86. The van der Waals surface area contributed by atoms with Crippen molar-refractivity contribution in [2.45, 2.75) is 12.5 Å². The van der Waals surface area contributed by atoms with Gasteiger partial charge in [-0.3, -0.25) is 4.79 Å². The molecule has 1 aromatic rings. The number of hydrogen-bond acceptors (Lipinski definition) is 4. The van der Waals surface area contributed by atoms with Gasteiger partial charge in [0.05, 0.1) is 11.5 Å². The third kappa shape index (κ3) is 3.67. The summed E-state index contributed by atoms with van der Waals surface area (Å²) in [5.41, 5.74) is 0.976. The molecule has 0 aromatic carbocycles. The number of sulfone groups is 1. The molecule has 0 bridgehead atoms. The zero-order chi connectivity index (χ0) is 12.3. The van der Waals surface area contributed by atoms with Crippen molar-refractivity contribution in [1.82, 2.24) is 5.32 Å². The van der Waals surface area contributed by atoms with E-state index in [2.05, 4.69) is 5.32 Å². The van der Waals surface area contributed by atoms with Gasteiger partial charge in [-0.25, -0.2) is 8.42 Å². The van der Waals surface area contributed by atoms with Gasteiger partial charge in [0.15, 0.2) is 9.84 Å². The summed E-state index contributed by atoms with van der Waals surface area (Å²) in [5.74, 6) is -0.00433. The fourth-order valence-corrected chi connectivity index (χ4v) is 4.00. The monoisotopic (exact) mass is 271 g/mol. The topological polar surface area (TPSA) is 63.2 Å². The predicted molar refractivity (Wildman–Crippen MR) is 68.6 cm³/mol. The minimum Gasteiger partial charge on any atom is -0.349 e. The molecule has 1 atom stereocenters. The molecule has 0 spiro atoms. The van der Waals surface area contributed by atoms with Crippen LogP contribution >= 0.6 is 11.3 Å². The summed E-state index contributed by atoms with van der Waals surface area (Å²) < 4.78 is 22.4. The Hall–Kier alpha value is -1.14. The van der Waals surface area contributed by atoms with Crippen molar-refractivity contribution in [2.75, 3.05) is 11.5 Å². The lowest BCUT2D eigenvalue weighted by molar-refractivity contribution is -0.116. The van der Waals surface area contributed by atoms with Gasteiger partial charge in [0.2, 0.25) is 5.91 Å². The second kappa shape index (κ2) is 5.01. The molecule has 2 heterocycles. The maximum Gasteiger partial charge on any atom is 0.244 e. The molecule has 2 rings (SSSR count). The lowest BCUT2D eigenvalue weighted by Gasteiger charge is -2.07. The number of nitrogens with one attached hydrogen (secondary N) is 1. The fraction of sp³-hybridized carbons (Fsp3) is 0.364. The highest BCUT2D eigenvalue weighted by Crippen LogP contribution is 2.11. The van der Waals surface area contributed by atoms with Gasteiger partial charge in [0.25, 0.3) is 0 Å². The van der Waals surface area contributed by atoms with Crippen molar-refractivity contribution in [3.63, 3.8) is 0 Å². The number of hydrogen-bond donors (Lipinski definition) is 1. The lowest BCUT2D eigenvalue weighted by Crippen LogP contribution is -2.34. The van der Waals surface area contributed by atoms with Crippen LogP contribution in [0, 0.1) is 0 Å². The smallest absolute Gasteiger partial charge is 0.244 e. The van der Waals surface area contributed by atoms with Crippen LogP contribution in [0.15, 0.2) is 22.9 Å². The van der Waals surface area contributed by atoms with Gasteiger partial charge in [0, 0.05) is 12.1 Å². The van der Waals surface area contributed by atoms with Gasteiger partial charge in [-0.05, 0) is 34.9 Å². The van der Waals surface area contributed by atoms with E-state index in [4.69, 9.17) is 0 Å². The Morgan fingerprint density at radius 1 is 1.53 bits per heavy atom. The van der Waals surface area contributed by atoms with E-state index in [0.29, 0.717) is 6.42 Å². The number of carbonyl (C=O) groups is 1. The molecule has 0 radical (unpaired) electrons. The Labute approximate surface area is 104 Å². The molecule has 1 amide bonds. The molecule has 1 N–H and O–H groups in total. The highest BCUT2D eigenvalue weighted by Gasteiger charge is 2.28. The molecular weight excluding hydrogens is 258 g/mol. The van der Waals surface area contributed by atoms with E-state index in [9.17, 15) is 13.2 Å². The Kier molecular flexibility index (Phi) is 3.63. The maximum atomic E-state index is 11.5. The number of amides is 1. The largest absolute Gasteiger partial charge is 0.349 e. The molecule has 0 aliphatic carbocycles. The minimum atomic E-state index is -2.94. The van der Waals surface area contributed by atoms with Crippen molar-refractivity contribution in [3.05, 3.63) is 28.5 Å². The van der Waals surface area contributed by atoms with E-state index < -0.39 is 9.84 Å². The normalized spacial score (nSPS) is 22.9. The van der Waals surface area contributed by atoms with E-state index >= 15 is 0 Å². The summed E-state index contributed by atoms with van der Waals surface area (Å²) in [6, 6.07) is 1.67. The van der Waals surface area contributed by atoms with Gasteiger partial charge < -0.3 is 5.32 Å². The molecule has 4 nitrogen and oxygen atoms in total. The molecule has 1 aliphatic rings. The second-order valence-corrected chi connectivity index (χ2v) is 7.01. The van der Waals surface area contributed by atoms with Crippen molar-refractivity contribution < 1.29 is 13.2 Å². The highest BCUT2D eigenvalue weighted by atomic mass is 32.2. The lowest BCUT2D eigenvalue weighted by atomic mass is 10.2. The third-order valence-electron chi connectivity index (χ3n) is 2.55. The van der Waals surface area contributed by atoms with E-state index in [1.54, 1.807) is 17.4 Å². The van der Waals surface area contributed by atoms with Crippen LogP contribution in [-0.2, 0) is 14.6 Å². The van der Waals surface area contributed by atoms with Crippen LogP contribution in [0.3, 0.4) is 0 Å². The first-order valence-corrected chi connectivity index (χ1v) is 8.03. The summed E-state index contributed by atoms with van der Waals surface area (Å²) in [6.07, 6.45) is 3.67. The van der Waals surface area contributed by atoms with Crippen molar-refractivity contribution >= 4 is 33.2 Å². The van der Waals surface area contributed by atoms with Gasteiger partial charge in [-0.15, -0.1) is 0 Å². The van der Waals surface area contributed by atoms with Gasteiger partial charge in [-0.1, -0.05) is 0 Å². The summed E-state index contributed by atoms with van der Waals surface area (Å²) >= 11 is 1.56. The standard InChI is InChI=1S/C11H13NO3S2/c13-11(2-1-9-3-5-16-7-9)12-10-4-6-17(14,15)8-10/h1-3,5,7,10H,4,6,8H2,(H,12,13)/b2-1+. The summed E-state index contributed by atoms with van der Waals surface area (Å²) in [6.45, 7) is 0. The summed E-state index contributed by atoms with van der Waals surface area (Å²) in [5, 5.41) is 6.56. The first kappa shape index (κ1) is 12.3. The maximum absolute atomic E-state index is 11.5. The highest BCUT2D eigenvalue weighted by molar-refractivity contribution is 7.91. The van der Waals surface area contributed by atoms with Gasteiger partial charge >= 0.3 is 0 Å². The van der Waals surface area contributed by atoms with Crippen LogP contribution in [0.1, 0.15) is 12.0 Å². The molecule has 17 heavy (non-hydrogen) atoms. The van der Waals surface area contributed by atoms with Crippen LogP contribution in [0.2, 0.25) is 0 Å². The van der Waals surface area contributed by atoms with E-state index in [-0.39, 0.29) is 23.5 Å². The van der Waals surface area contributed by atoms with Gasteiger partial charge in [0.1, 0.15) is 0 Å². The first-order chi connectivity index (χ1) is 8.05. The van der Waals surface area contributed by atoms with Crippen molar-refractivity contribution in [3.8, 4) is 0 Å². The second-order valence-electron chi connectivity index (χ2n) is 4.00. The van der Waals surface area contributed by atoms with Crippen molar-refractivity contribution in [2.24, 2.45) is 0 Å². The molecule has 6 heteroatoms. The average Bonchev–Trinajstić information content (AvgIpc) is 2.85. The molecule has 1 aromatic heterocycles. The van der Waals surface area contributed by atoms with E-state index in [1.165, 1.54) is 6.08 Å². The van der Waals surface area contributed by atoms with Gasteiger partial charge in [-0.2, -0.15) is 11.3 Å². The Morgan fingerprint density at radius 2 is 2.35 bits per heavy atom. The van der Waals surface area contributed by atoms with E-state index in [1.807, 2.05) is 16.8 Å². The van der Waals surface area contributed by atoms with Crippen LogP contribution in [0.25, 0.3) is 6.08 Å². The molecule has 1 saturated heterocycles. The zero-order valence-electron chi connectivity index (χ0n) is 9.13. The predicted octanol–water partition coefficient (Wildman–Crippen LogP) is 1.06. The van der Waals surface area contributed by atoms with Crippen LogP contribution < -0.4 is 5.32 Å². The van der Waals surface area contributed by atoms with Crippen LogP contribution in [-0.4, -0.2) is 31.9 Å². The Bertz CT molecular complexity index is 517. The van der Waals surface area contributed by atoms with Crippen LogP contribution in [0.4, 0.5) is 0 Å². The molecule has 92 valence electrons. The zero-order valence-corrected chi connectivity index (χ0v) is 10.8. The van der Waals surface area contributed by atoms with E-state index in [0.717, 1.165) is 5.56 Å². The number of carbonyl (C=O) groups excluding carboxylic acids is 1. The molecule has 1 aliphatic heterocycles. The molecular formula is C11H13NO3S2. The molecule has 0 saturated carbocycles. The SMILES string of the molecule is O=C(/C=C/c1ccsc1)NC1CCS(=O)(=O)C1. The fourth-order valence-electron chi connectivity index (χ4n) is 1.70. The average molecular weight is 271 g/mol. The molecule has 1 fully saturated rings. The summed E-state index contributed by atoms with van der Waals surface area (Å²) in [4.78, 5) is 11.5. The number of thiophene rings is 1. The Morgan fingerprint density at radius 3 is 2.94 bits per heavy atom.